The first kappa shape index (κ1) is 29.6. The maximum Gasteiger partial charge on any atom is 0.340 e. The minimum absolute atomic E-state index is 0.00530. The summed E-state index contributed by atoms with van der Waals surface area (Å²) in [5, 5.41) is 29.2. The molecular weight excluding hydrogens is 581 g/mol. The van der Waals surface area contributed by atoms with Crippen molar-refractivity contribution in [3.05, 3.63) is 53.1 Å². The van der Waals surface area contributed by atoms with Gasteiger partial charge in [0.05, 0.1) is 29.9 Å². The Morgan fingerprint density at radius 3 is 2.67 bits per heavy atom. The second-order valence-electron chi connectivity index (χ2n) is 8.90. The van der Waals surface area contributed by atoms with Crippen LogP contribution in [0.15, 0.2) is 36.5 Å². The first-order chi connectivity index (χ1) is 18.2. The summed E-state index contributed by atoms with van der Waals surface area (Å²) in [7, 11) is -9.79. The van der Waals surface area contributed by atoms with Gasteiger partial charge in [0.1, 0.15) is 23.2 Å². The highest BCUT2D eigenvalue weighted by Crippen LogP contribution is 2.56. The van der Waals surface area contributed by atoms with Crippen molar-refractivity contribution >= 4 is 43.5 Å². The number of fused-ring (bicyclic) bond motifs is 1. The molecule has 2 aromatic heterocycles. The van der Waals surface area contributed by atoms with Crippen molar-refractivity contribution in [3.63, 3.8) is 0 Å². The molecule has 3 aromatic rings. The molecule has 0 saturated carbocycles. The Morgan fingerprint density at radius 1 is 1.33 bits per heavy atom. The van der Waals surface area contributed by atoms with Crippen LogP contribution in [0.1, 0.15) is 24.8 Å². The van der Waals surface area contributed by atoms with Gasteiger partial charge in [0.2, 0.25) is 0 Å². The average Bonchev–Trinajstić information content (AvgIpc) is 3.36. The molecule has 6 atom stereocenters. The maximum absolute atomic E-state index is 14.3. The molecule has 1 aromatic carbocycles. The molecule has 0 aliphatic carbocycles. The molecule has 0 spiro atoms. The van der Waals surface area contributed by atoms with Gasteiger partial charge in [-0.1, -0.05) is 35.7 Å². The van der Waals surface area contributed by atoms with Crippen molar-refractivity contribution in [1.29, 1.82) is 0 Å². The second-order valence-corrected chi connectivity index (χ2v) is 13.3. The number of hydrogen-bond acceptors (Lipinski definition) is 9. The topological polar surface area (TPSA) is 196 Å². The van der Waals surface area contributed by atoms with Gasteiger partial charge in [0, 0.05) is 5.56 Å². The molecule has 1 unspecified atom stereocenters. The Hall–Kier alpha value is -2.40. The molecule has 0 bridgehead atoms. The molecule has 0 amide bonds. The van der Waals surface area contributed by atoms with E-state index in [-0.39, 0.29) is 10.8 Å². The Labute approximate surface area is 226 Å². The molecule has 1 aliphatic heterocycles. The quantitative estimate of drug-likeness (QED) is 0.119. The van der Waals surface area contributed by atoms with Gasteiger partial charge < -0.3 is 39.5 Å². The van der Waals surface area contributed by atoms with Crippen LogP contribution >= 0.6 is 26.8 Å². The van der Waals surface area contributed by atoms with E-state index in [1.165, 1.54) is 18.3 Å². The number of ether oxygens (including phenoxy) is 1. The first-order valence-electron chi connectivity index (χ1n) is 11.2. The van der Waals surface area contributed by atoms with E-state index in [1.54, 1.807) is 25.1 Å². The molecule has 0 radical (unpaired) electrons. The fourth-order valence-electron chi connectivity index (χ4n) is 4.16. The lowest BCUT2D eigenvalue weighted by atomic mass is 9.97. The summed E-state index contributed by atoms with van der Waals surface area (Å²) in [5.74, 6) is 0.182. The molecule has 1 aliphatic rings. The van der Waals surface area contributed by atoms with Gasteiger partial charge in [0.25, 0.3) is 0 Å². The van der Waals surface area contributed by atoms with Gasteiger partial charge in [-0.2, -0.15) is 5.10 Å². The number of aliphatic hydroxyl groups is 2. The van der Waals surface area contributed by atoms with E-state index in [0.717, 1.165) is 4.68 Å². The number of anilines is 1. The third-order valence-electron chi connectivity index (χ3n) is 6.03. The Morgan fingerprint density at radius 2 is 2.03 bits per heavy atom. The summed E-state index contributed by atoms with van der Waals surface area (Å²) in [6.07, 6.45) is 1.78. The van der Waals surface area contributed by atoms with Crippen molar-refractivity contribution < 1.29 is 47.7 Å². The Bertz CT molecular complexity index is 1530. The van der Waals surface area contributed by atoms with Gasteiger partial charge >= 0.3 is 15.2 Å². The van der Waals surface area contributed by atoms with Crippen molar-refractivity contribution in [2.75, 3.05) is 17.8 Å². The van der Waals surface area contributed by atoms with Gasteiger partial charge in [-0.15, -0.1) is 6.42 Å². The van der Waals surface area contributed by atoms with Gasteiger partial charge in [-0.05, 0) is 19.1 Å². The first-order valence-corrected chi connectivity index (χ1v) is 15.2. The lowest BCUT2D eigenvalue weighted by Crippen LogP contribution is -2.45. The number of halogens is 2. The third-order valence-corrected chi connectivity index (χ3v) is 9.66. The zero-order valence-electron chi connectivity index (χ0n) is 20.1. The Balaban J connectivity index is 1.63. The van der Waals surface area contributed by atoms with Crippen molar-refractivity contribution in [2.24, 2.45) is 0 Å². The van der Waals surface area contributed by atoms with E-state index >= 15 is 0 Å². The zero-order chi connectivity index (χ0) is 28.8. The van der Waals surface area contributed by atoms with E-state index < -0.39 is 63.6 Å². The smallest absolute Gasteiger partial charge is 0.340 e. The highest BCUT2D eigenvalue weighted by molar-refractivity contribution is 7.70. The number of terminal acetylenes is 1. The second kappa shape index (κ2) is 10.9. The highest BCUT2D eigenvalue weighted by Gasteiger charge is 2.56. The molecular formula is C22H24ClFN4O9P2. The fraction of sp³-hybridized carbons (Fsp3) is 0.364. The fourth-order valence-corrected chi connectivity index (χ4v) is 6.93. The van der Waals surface area contributed by atoms with Crippen LogP contribution in [-0.4, -0.2) is 70.0 Å². The third kappa shape index (κ3) is 6.19. The minimum Gasteiger partial charge on any atom is -0.386 e. The number of nitrogens with zero attached hydrogens (tertiary/aromatic N) is 3. The van der Waals surface area contributed by atoms with E-state index in [9.17, 15) is 28.6 Å². The summed E-state index contributed by atoms with van der Waals surface area (Å²) >= 11 is 6.23. The monoisotopic (exact) mass is 604 g/mol. The summed E-state index contributed by atoms with van der Waals surface area (Å²) in [6.45, 7) is 0.739. The highest BCUT2D eigenvalue weighted by atomic mass is 35.5. The van der Waals surface area contributed by atoms with E-state index in [0.29, 0.717) is 16.6 Å². The number of benzene rings is 1. The van der Waals surface area contributed by atoms with Gasteiger partial charge in [0.15, 0.2) is 23.4 Å². The molecule has 4 rings (SSSR count). The number of pyridine rings is 1. The summed E-state index contributed by atoms with van der Waals surface area (Å²) in [5.41, 5.74) is -1.30. The van der Waals surface area contributed by atoms with Crippen LogP contribution < -0.4 is 5.32 Å². The van der Waals surface area contributed by atoms with Gasteiger partial charge in [-0.3, -0.25) is 9.13 Å². The van der Waals surface area contributed by atoms with Crippen LogP contribution in [0.4, 0.5) is 10.1 Å². The number of rotatable bonds is 9. The van der Waals surface area contributed by atoms with Crippen LogP contribution in [0.3, 0.4) is 0 Å². The zero-order valence-corrected chi connectivity index (χ0v) is 22.7. The lowest BCUT2D eigenvalue weighted by molar-refractivity contribution is -0.0912. The van der Waals surface area contributed by atoms with Crippen LogP contribution in [0.25, 0.3) is 11.0 Å². The number of aliphatic hydroxyl groups excluding tert-OH is 2. The summed E-state index contributed by atoms with van der Waals surface area (Å²) in [6, 6.07) is 7.20. The van der Waals surface area contributed by atoms with E-state index in [2.05, 4.69) is 21.3 Å². The van der Waals surface area contributed by atoms with E-state index in [4.69, 9.17) is 37.1 Å². The lowest BCUT2D eigenvalue weighted by Gasteiger charge is -2.27. The number of hydrogen-bond donors (Lipinski definition) is 6. The van der Waals surface area contributed by atoms with Crippen molar-refractivity contribution in [3.8, 4) is 12.3 Å². The van der Waals surface area contributed by atoms with Crippen LogP contribution in [0.5, 0.6) is 0 Å². The van der Waals surface area contributed by atoms with E-state index in [1.807, 2.05) is 0 Å². The van der Waals surface area contributed by atoms with Crippen LogP contribution in [-0.2, 0) is 18.4 Å². The summed E-state index contributed by atoms with van der Waals surface area (Å²) < 4.78 is 49.1. The van der Waals surface area contributed by atoms with Crippen molar-refractivity contribution in [2.45, 2.75) is 37.0 Å². The average molecular weight is 605 g/mol. The van der Waals surface area contributed by atoms with Crippen LogP contribution in [0.2, 0.25) is 5.15 Å². The molecule has 1 fully saturated rings. The largest absolute Gasteiger partial charge is 0.386 e. The predicted molar refractivity (Wildman–Crippen MR) is 137 cm³/mol. The number of aromatic nitrogens is 3. The van der Waals surface area contributed by atoms with Crippen LogP contribution in [0, 0.1) is 18.2 Å². The summed E-state index contributed by atoms with van der Waals surface area (Å²) in [4.78, 5) is 32.0. The van der Waals surface area contributed by atoms with Crippen molar-refractivity contribution in [1.82, 2.24) is 14.8 Å². The maximum atomic E-state index is 14.3. The molecule has 210 valence electrons. The standard InChI is InChI=1S/C22H24ClFN4O9P2/c1-3-22(10-36-39(34,35)11-38(31,32)33)19(30)18(29)21(37-22)28-20-14(9-25-28)16(8-17(23)27-20)26-12(2)13-6-4-5-7-15(13)24/h1,4-9,12,18-19,21,29-30H,10-11H2,2H3,(H,26,27)(H,34,35)(H2,31,32,33)/t12-,18+,19-,21+,22+/m0/s1. The molecule has 1 saturated heterocycles. The molecule has 13 nitrogen and oxygen atoms in total. The SMILES string of the molecule is C#C[C@]1(COP(=O)(O)CP(=O)(O)O)O[C@@H](n2ncc3c(N[C@@H](C)c4ccccc4F)cc(Cl)nc32)[C@H](O)[C@@H]1O. The molecule has 39 heavy (non-hydrogen) atoms. The minimum atomic E-state index is -4.93. The number of nitrogens with one attached hydrogen (secondary N) is 1. The predicted octanol–water partition coefficient (Wildman–Crippen LogP) is 2.36. The molecule has 17 heteroatoms. The molecule has 3 heterocycles. The molecule has 6 N–H and O–H groups in total. The normalized spacial score (nSPS) is 25.8. The Kier molecular flexibility index (Phi) is 8.25. The van der Waals surface area contributed by atoms with Gasteiger partial charge in [-0.25, -0.2) is 14.1 Å².